The summed E-state index contributed by atoms with van der Waals surface area (Å²) in [5, 5.41) is 12.1. The molecule has 1 heterocycles. The lowest BCUT2D eigenvalue weighted by Crippen LogP contribution is -2.21. The van der Waals surface area contributed by atoms with Crippen LogP contribution >= 0.6 is 0 Å². The summed E-state index contributed by atoms with van der Waals surface area (Å²) in [6.07, 6.45) is 10.7. The Morgan fingerprint density at radius 3 is 2.84 bits per heavy atom. The van der Waals surface area contributed by atoms with E-state index in [4.69, 9.17) is 5.26 Å². The zero-order valence-electron chi connectivity index (χ0n) is 12.4. The number of nitriles is 1. The normalized spacial score (nSPS) is 12.3. The summed E-state index contributed by atoms with van der Waals surface area (Å²) in [6, 6.07) is 4.92. The molecule has 0 aliphatic carbocycles. The lowest BCUT2D eigenvalue weighted by atomic mass is 10.1. The van der Waals surface area contributed by atoms with Gasteiger partial charge in [0.2, 0.25) is 0 Å². The van der Waals surface area contributed by atoms with Crippen LogP contribution in [0, 0.1) is 11.3 Å². The largest absolute Gasteiger partial charge is 0.354 e. The third-order valence-electron chi connectivity index (χ3n) is 3.35. The SMILES string of the molecule is CCCNC(CCC)c1ccn(CCCCC#N)c1. The molecule has 1 aromatic rings. The predicted octanol–water partition coefficient (Wildman–Crippen LogP) is 4.02. The Bertz CT molecular complexity index is 376. The minimum absolute atomic E-state index is 0.491. The first-order valence-corrected chi connectivity index (χ1v) is 7.57. The average molecular weight is 261 g/mol. The van der Waals surface area contributed by atoms with Crippen LogP contribution < -0.4 is 5.32 Å². The van der Waals surface area contributed by atoms with Gasteiger partial charge < -0.3 is 9.88 Å². The molecule has 3 heteroatoms. The Morgan fingerprint density at radius 2 is 2.16 bits per heavy atom. The van der Waals surface area contributed by atoms with Gasteiger partial charge in [-0.1, -0.05) is 20.3 Å². The van der Waals surface area contributed by atoms with Gasteiger partial charge in [0.05, 0.1) is 6.07 Å². The number of aryl methyl sites for hydroxylation is 1. The maximum atomic E-state index is 8.52. The third kappa shape index (κ3) is 5.94. The Hall–Kier alpha value is -1.27. The van der Waals surface area contributed by atoms with Gasteiger partial charge in [-0.05, 0) is 43.9 Å². The zero-order valence-corrected chi connectivity index (χ0v) is 12.4. The van der Waals surface area contributed by atoms with Gasteiger partial charge in [-0.25, -0.2) is 0 Å². The van der Waals surface area contributed by atoms with E-state index in [2.05, 4.69) is 48.3 Å². The number of aromatic nitrogens is 1. The van der Waals surface area contributed by atoms with Gasteiger partial charge in [0.25, 0.3) is 0 Å². The fraction of sp³-hybridized carbons (Fsp3) is 0.688. The zero-order chi connectivity index (χ0) is 13.9. The van der Waals surface area contributed by atoms with Crippen LogP contribution in [-0.4, -0.2) is 11.1 Å². The van der Waals surface area contributed by atoms with Crippen molar-refractivity contribution >= 4 is 0 Å². The van der Waals surface area contributed by atoms with Crippen LogP contribution in [0.2, 0.25) is 0 Å². The first-order valence-electron chi connectivity index (χ1n) is 7.57. The van der Waals surface area contributed by atoms with Gasteiger partial charge in [0, 0.05) is 31.4 Å². The van der Waals surface area contributed by atoms with Gasteiger partial charge >= 0.3 is 0 Å². The second-order valence-electron chi connectivity index (χ2n) is 5.09. The number of unbranched alkanes of at least 4 members (excludes halogenated alkanes) is 2. The summed E-state index contributed by atoms with van der Waals surface area (Å²) < 4.78 is 2.25. The molecule has 3 nitrogen and oxygen atoms in total. The molecule has 1 aromatic heterocycles. The second-order valence-corrected chi connectivity index (χ2v) is 5.09. The van der Waals surface area contributed by atoms with Crippen molar-refractivity contribution in [1.29, 1.82) is 5.26 Å². The van der Waals surface area contributed by atoms with E-state index < -0.39 is 0 Å². The van der Waals surface area contributed by atoms with Crippen LogP contribution in [0.15, 0.2) is 18.5 Å². The Balaban J connectivity index is 2.47. The summed E-state index contributed by atoms with van der Waals surface area (Å²) in [7, 11) is 0. The minimum Gasteiger partial charge on any atom is -0.354 e. The van der Waals surface area contributed by atoms with Crippen molar-refractivity contribution < 1.29 is 0 Å². The maximum absolute atomic E-state index is 8.52. The van der Waals surface area contributed by atoms with E-state index in [0.717, 1.165) is 25.9 Å². The highest BCUT2D eigenvalue weighted by molar-refractivity contribution is 5.15. The number of nitrogens with one attached hydrogen (secondary N) is 1. The summed E-state index contributed by atoms with van der Waals surface area (Å²) in [5.74, 6) is 0. The van der Waals surface area contributed by atoms with E-state index in [1.54, 1.807) is 0 Å². The number of nitrogens with zero attached hydrogens (tertiary/aromatic N) is 2. The molecular weight excluding hydrogens is 234 g/mol. The third-order valence-corrected chi connectivity index (χ3v) is 3.35. The summed E-state index contributed by atoms with van der Waals surface area (Å²) in [4.78, 5) is 0. The monoisotopic (exact) mass is 261 g/mol. The molecular formula is C16H27N3. The maximum Gasteiger partial charge on any atom is 0.0621 e. The summed E-state index contributed by atoms with van der Waals surface area (Å²) in [5.41, 5.74) is 1.40. The van der Waals surface area contributed by atoms with Gasteiger partial charge in [0.1, 0.15) is 0 Å². The highest BCUT2D eigenvalue weighted by Crippen LogP contribution is 2.19. The minimum atomic E-state index is 0.491. The highest BCUT2D eigenvalue weighted by Gasteiger charge is 2.10. The van der Waals surface area contributed by atoms with E-state index in [1.165, 1.54) is 24.8 Å². The molecule has 0 fully saturated rings. The number of rotatable bonds is 10. The molecule has 0 aromatic carbocycles. The van der Waals surface area contributed by atoms with Crippen molar-refractivity contribution in [3.63, 3.8) is 0 Å². The highest BCUT2D eigenvalue weighted by atomic mass is 15.0. The molecule has 0 aliphatic rings. The first kappa shape index (κ1) is 15.8. The Labute approximate surface area is 117 Å². The average Bonchev–Trinajstić information content (AvgIpc) is 2.88. The molecule has 1 rings (SSSR count). The van der Waals surface area contributed by atoms with E-state index in [0.29, 0.717) is 12.5 Å². The molecule has 0 saturated heterocycles. The van der Waals surface area contributed by atoms with Crippen LogP contribution in [0.4, 0.5) is 0 Å². The smallest absolute Gasteiger partial charge is 0.0621 e. The van der Waals surface area contributed by atoms with Crippen LogP contribution in [0.3, 0.4) is 0 Å². The van der Waals surface area contributed by atoms with Crippen LogP contribution in [0.5, 0.6) is 0 Å². The molecule has 1 atom stereocenters. The Morgan fingerprint density at radius 1 is 1.32 bits per heavy atom. The molecule has 0 spiro atoms. The molecule has 106 valence electrons. The molecule has 1 N–H and O–H groups in total. The molecule has 19 heavy (non-hydrogen) atoms. The van der Waals surface area contributed by atoms with Crippen molar-refractivity contribution in [1.82, 2.24) is 9.88 Å². The second kappa shape index (κ2) is 9.63. The van der Waals surface area contributed by atoms with Crippen LogP contribution in [0.25, 0.3) is 0 Å². The molecule has 1 unspecified atom stereocenters. The quantitative estimate of drug-likeness (QED) is 0.646. The van der Waals surface area contributed by atoms with Crippen molar-refractivity contribution in [2.45, 2.75) is 65.0 Å². The van der Waals surface area contributed by atoms with Gasteiger partial charge in [-0.2, -0.15) is 5.26 Å². The van der Waals surface area contributed by atoms with Crippen molar-refractivity contribution in [2.75, 3.05) is 6.54 Å². The van der Waals surface area contributed by atoms with Crippen LogP contribution in [-0.2, 0) is 6.54 Å². The molecule has 0 bridgehead atoms. The molecule has 0 aliphatic heterocycles. The molecule has 0 radical (unpaired) electrons. The van der Waals surface area contributed by atoms with Crippen molar-refractivity contribution in [3.05, 3.63) is 24.0 Å². The lowest BCUT2D eigenvalue weighted by molar-refractivity contribution is 0.492. The van der Waals surface area contributed by atoms with Crippen molar-refractivity contribution in [3.8, 4) is 6.07 Å². The fourth-order valence-electron chi connectivity index (χ4n) is 2.30. The number of hydrogen-bond donors (Lipinski definition) is 1. The Kier molecular flexibility index (Phi) is 8.00. The van der Waals surface area contributed by atoms with Gasteiger partial charge in [-0.3, -0.25) is 0 Å². The van der Waals surface area contributed by atoms with E-state index in [-0.39, 0.29) is 0 Å². The predicted molar refractivity (Wildman–Crippen MR) is 79.8 cm³/mol. The summed E-state index contributed by atoms with van der Waals surface area (Å²) >= 11 is 0. The van der Waals surface area contributed by atoms with Crippen LogP contribution in [0.1, 0.15) is 64.0 Å². The van der Waals surface area contributed by atoms with Crippen molar-refractivity contribution in [2.24, 2.45) is 0 Å². The molecule has 0 saturated carbocycles. The fourth-order valence-corrected chi connectivity index (χ4v) is 2.30. The standard InChI is InChI=1S/C16H27N3/c1-3-8-16(18-11-4-2)15-9-13-19(14-15)12-7-5-6-10-17/h9,13-14,16,18H,3-8,11-12H2,1-2H3. The molecule has 0 amide bonds. The number of hydrogen-bond acceptors (Lipinski definition) is 2. The van der Waals surface area contributed by atoms with Gasteiger partial charge in [0.15, 0.2) is 0 Å². The van der Waals surface area contributed by atoms with Gasteiger partial charge in [-0.15, -0.1) is 0 Å². The van der Waals surface area contributed by atoms with E-state index in [9.17, 15) is 0 Å². The topological polar surface area (TPSA) is 40.8 Å². The van der Waals surface area contributed by atoms with E-state index in [1.807, 2.05) is 0 Å². The van der Waals surface area contributed by atoms with E-state index >= 15 is 0 Å². The summed E-state index contributed by atoms with van der Waals surface area (Å²) in [6.45, 7) is 6.54. The first-order chi connectivity index (χ1) is 9.31. The lowest BCUT2D eigenvalue weighted by Gasteiger charge is -2.16.